The molecular weight excluding hydrogens is 340 g/mol. The Labute approximate surface area is 158 Å². The fraction of sp³-hybridized carbons (Fsp3) is 0.333. The first kappa shape index (κ1) is 17.4. The fourth-order valence-electron chi connectivity index (χ4n) is 3.79. The molecule has 6 nitrogen and oxygen atoms in total. The number of hydrogen-bond acceptors (Lipinski definition) is 4. The van der Waals surface area contributed by atoms with Crippen molar-refractivity contribution in [2.75, 3.05) is 4.90 Å². The van der Waals surface area contributed by atoms with Crippen molar-refractivity contribution < 1.29 is 9.21 Å². The van der Waals surface area contributed by atoms with Crippen molar-refractivity contribution in [3.63, 3.8) is 0 Å². The van der Waals surface area contributed by atoms with Gasteiger partial charge in [-0.2, -0.15) is 5.10 Å². The van der Waals surface area contributed by atoms with Gasteiger partial charge < -0.3 is 14.6 Å². The number of fused-ring (bicyclic) bond motifs is 1. The fourth-order valence-corrected chi connectivity index (χ4v) is 3.79. The zero-order valence-electron chi connectivity index (χ0n) is 15.9. The highest BCUT2D eigenvalue weighted by molar-refractivity contribution is 5.93. The van der Waals surface area contributed by atoms with Crippen LogP contribution in [0.1, 0.15) is 40.0 Å². The Bertz CT molecular complexity index is 972. The maximum atomic E-state index is 12.7. The molecule has 1 atom stereocenters. The third-order valence-corrected chi connectivity index (χ3v) is 5.17. The molecule has 0 bridgehead atoms. The number of nitrogens with zero attached hydrogens (tertiary/aromatic N) is 3. The van der Waals surface area contributed by atoms with Gasteiger partial charge in [-0.05, 0) is 44.0 Å². The van der Waals surface area contributed by atoms with Crippen LogP contribution in [0, 0.1) is 6.92 Å². The lowest BCUT2D eigenvalue weighted by Crippen LogP contribution is -2.30. The van der Waals surface area contributed by atoms with Gasteiger partial charge in [0.05, 0.1) is 24.2 Å². The third kappa shape index (κ3) is 3.35. The van der Waals surface area contributed by atoms with Gasteiger partial charge >= 0.3 is 0 Å². The molecule has 0 saturated heterocycles. The summed E-state index contributed by atoms with van der Waals surface area (Å²) in [5, 5.41) is 7.24. The van der Waals surface area contributed by atoms with Gasteiger partial charge in [0.15, 0.2) is 5.76 Å². The van der Waals surface area contributed by atoms with Gasteiger partial charge in [0.25, 0.3) is 5.91 Å². The maximum absolute atomic E-state index is 12.7. The third-order valence-electron chi connectivity index (χ3n) is 5.17. The molecule has 2 aromatic heterocycles. The smallest absolute Gasteiger partial charge is 0.287 e. The summed E-state index contributed by atoms with van der Waals surface area (Å²) in [6.45, 7) is 5.22. The Hall–Kier alpha value is -3.02. The highest BCUT2D eigenvalue weighted by atomic mass is 16.3. The van der Waals surface area contributed by atoms with Crippen LogP contribution in [0.25, 0.3) is 0 Å². The molecule has 1 aliphatic heterocycles. The molecule has 0 saturated carbocycles. The van der Waals surface area contributed by atoms with Crippen LogP contribution in [0.5, 0.6) is 0 Å². The highest BCUT2D eigenvalue weighted by Crippen LogP contribution is 2.33. The SMILES string of the molecule is Cc1cc(CNC(=O)c2occc2CN2c3ccccc3CC2C)n(C)n1. The van der Waals surface area contributed by atoms with E-state index in [0.29, 0.717) is 24.9 Å². The van der Waals surface area contributed by atoms with E-state index < -0.39 is 0 Å². The van der Waals surface area contributed by atoms with E-state index in [-0.39, 0.29) is 5.91 Å². The quantitative estimate of drug-likeness (QED) is 0.755. The number of carbonyl (C=O) groups is 1. The molecule has 4 rings (SSSR count). The monoisotopic (exact) mass is 364 g/mol. The first-order chi connectivity index (χ1) is 13.0. The van der Waals surface area contributed by atoms with E-state index in [2.05, 4.69) is 46.5 Å². The molecule has 0 radical (unpaired) electrons. The Morgan fingerprint density at radius 1 is 1.33 bits per heavy atom. The van der Waals surface area contributed by atoms with Crippen molar-refractivity contribution in [2.45, 2.75) is 39.4 Å². The van der Waals surface area contributed by atoms with Crippen molar-refractivity contribution in [2.24, 2.45) is 7.05 Å². The van der Waals surface area contributed by atoms with Crippen LogP contribution in [0.3, 0.4) is 0 Å². The Balaban J connectivity index is 1.48. The maximum Gasteiger partial charge on any atom is 0.287 e. The summed E-state index contributed by atoms with van der Waals surface area (Å²) in [4.78, 5) is 15.0. The van der Waals surface area contributed by atoms with Gasteiger partial charge in [-0.1, -0.05) is 18.2 Å². The van der Waals surface area contributed by atoms with Crippen molar-refractivity contribution >= 4 is 11.6 Å². The van der Waals surface area contributed by atoms with Crippen LogP contribution in [0.4, 0.5) is 5.69 Å². The number of rotatable bonds is 5. The summed E-state index contributed by atoms with van der Waals surface area (Å²) in [6, 6.07) is 12.7. The number of para-hydroxylation sites is 1. The van der Waals surface area contributed by atoms with E-state index in [0.717, 1.165) is 23.4 Å². The summed E-state index contributed by atoms with van der Waals surface area (Å²) in [7, 11) is 1.87. The molecule has 0 fully saturated rings. The van der Waals surface area contributed by atoms with E-state index in [1.54, 1.807) is 10.9 Å². The lowest BCUT2D eigenvalue weighted by molar-refractivity contribution is 0.0921. The van der Waals surface area contributed by atoms with Crippen molar-refractivity contribution in [3.05, 3.63) is 70.9 Å². The average molecular weight is 364 g/mol. The van der Waals surface area contributed by atoms with Gasteiger partial charge in [0, 0.05) is 30.9 Å². The molecule has 0 aliphatic carbocycles. The summed E-state index contributed by atoms with van der Waals surface area (Å²) in [5.74, 6) is 0.180. The van der Waals surface area contributed by atoms with Crippen LogP contribution >= 0.6 is 0 Å². The second-order valence-corrected chi connectivity index (χ2v) is 7.17. The van der Waals surface area contributed by atoms with Crippen molar-refractivity contribution in [3.8, 4) is 0 Å². The predicted molar refractivity (Wildman–Crippen MR) is 104 cm³/mol. The topological polar surface area (TPSA) is 63.3 Å². The number of anilines is 1. The largest absolute Gasteiger partial charge is 0.459 e. The highest BCUT2D eigenvalue weighted by Gasteiger charge is 2.27. The number of carbonyl (C=O) groups excluding carboxylic acids is 1. The van der Waals surface area contributed by atoms with Gasteiger partial charge in [0.2, 0.25) is 0 Å². The van der Waals surface area contributed by atoms with E-state index in [4.69, 9.17) is 4.42 Å². The Kier molecular flexibility index (Phi) is 4.48. The minimum atomic E-state index is -0.200. The van der Waals surface area contributed by atoms with E-state index in [1.165, 1.54) is 11.3 Å². The van der Waals surface area contributed by atoms with Gasteiger partial charge in [-0.25, -0.2) is 0 Å². The van der Waals surface area contributed by atoms with Gasteiger partial charge in [-0.3, -0.25) is 9.48 Å². The number of hydrogen-bond donors (Lipinski definition) is 1. The van der Waals surface area contributed by atoms with Crippen LogP contribution in [-0.2, 0) is 26.6 Å². The number of nitrogens with one attached hydrogen (secondary N) is 1. The predicted octanol–water partition coefficient (Wildman–Crippen LogP) is 3.20. The zero-order chi connectivity index (χ0) is 19.0. The molecule has 1 unspecified atom stereocenters. The minimum Gasteiger partial charge on any atom is -0.459 e. The molecule has 1 N–H and O–H groups in total. The summed E-state index contributed by atoms with van der Waals surface area (Å²) in [6.07, 6.45) is 2.61. The molecule has 1 amide bonds. The first-order valence-electron chi connectivity index (χ1n) is 9.21. The molecule has 140 valence electrons. The molecular formula is C21H24N4O2. The molecule has 1 aromatic carbocycles. The summed E-state index contributed by atoms with van der Waals surface area (Å²) < 4.78 is 7.30. The average Bonchev–Trinajstić information content (AvgIpc) is 3.32. The summed E-state index contributed by atoms with van der Waals surface area (Å²) in [5.41, 5.74) is 5.38. The molecule has 3 aromatic rings. The van der Waals surface area contributed by atoms with Gasteiger partial charge in [-0.15, -0.1) is 0 Å². The second-order valence-electron chi connectivity index (χ2n) is 7.17. The second kappa shape index (κ2) is 6.95. The number of furan rings is 1. The van der Waals surface area contributed by atoms with Crippen LogP contribution in [0.15, 0.2) is 47.1 Å². The molecule has 27 heavy (non-hydrogen) atoms. The van der Waals surface area contributed by atoms with Crippen LogP contribution in [-0.4, -0.2) is 21.7 Å². The number of benzene rings is 1. The number of aryl methyl sites for hydroxylation is 2. The van der Waals surface area contributed by atoms with E-state index in [9.17, 15) is 4.79 Å². The number of amides is 1. The molecule has 1 aliphatic rings. The number of aromatic nitrogens is 2. The Morgan fingerprint density at radius 2 is 2.15 bits per heavy atom. The standard InChI is InChI=1S/C21H24N4O2/c1-14-10-18(24(3)23-14)12-22-21(26)20-17(8-9-27-20)13-25-15(2)11-16-6-4-5-7-19(16)25/h4-10,15H,11-13H2,1-3H3,(H,22,26). The van der Waals surface area contributed by atoms with Crippen LogP contribution in [0.2, 0.25) is 0 Å². The van der Waals surface area contributed by atoms with E-state index >= 15 is 0 Å². The normalized spacial score (nSPS) is 15.8. The van der Waals surface area contributed by atoms with E-state index in [1.807, 2.05) is 26.1 Å². The van der Waals surface area contributed by atoms with Crippen LogP contribution < -0.4 is 10.2 Å². The lowest BCUT2D eigenvalue weighted by atomic mass is 10.1. The van der Waals surface area contributed by atoms with Gasteiger partial charge in [0.1, 0.15) is 0 Å². The lowest BCUT2D eigenvalue weighted by Gasteiger charge is -2.24. The van der Waals surface area contributed by atoms with Crippen molar-refractivity contribution in [1.82, 2.24) is 15.1 Å². The Morgan fingerprint density at radius 3 is 2.93 bits per heavy atom. The minimum absolute atomic E-state index is 0.200. The molecule has 6 heteroatoms. The summed E-state index contributed by atoms with van der Waals surface area (Å²) >= 11 is 0. The molecule has 0 spiro atoms. The zero-order valence-corrected chi connectivity index (χ0v) is 15.9. The first-order valence-corrected chi connectivity index (χ1v) is 9.21. The molecule has 3 heterocycles. The van der Waals surface area contributed by atoms with Crippen molar-refractivity contribution in [1.29, 1.82) is 0 Å².